The molecule has 0 saturated heterocycles. The Kier molecular flexibility index (Phi) is 6.37. The molecule has 5 heteroatoms. The third-order valence-corrected chi connectivity index (χ3v) is 3.60. The molecule has 0 fully saturated rings. The van der Waals surface area contributed by atoms with Gasteiger partial charge in [-0.3, -0.25) is 4.79 Å². The van der Waals surface area contributed by atoms with Gasteiger partial charge in [0.25, 0.3) is 0 Å². The molecular formula is C19H21NO4. The Hall–Kier alpha value is -2.82. The van der Waals surface area contributed by atoms with Gasteiger partial charge in [0, 0.05) is 6.42 Å². The van der Waals surface area contributed by atoms with E-state index in [-0.39, 0.29) is 12.3 Å². The molecule has 0 heterocycles. The van der Waals surface area contributed by atoms with Crippen molar-refractivity contribution in [2.75, 3.05) is 14.2 Å². The van der Waals surface area contributed by atoms with Crippen LogP contribution in [0.4, 0.5) is 0 Å². The second kappa shape index (κ2) is 8.72. The standard InChI is InChI=1S/C19H21NO4/c1-23-16-10-6-9-15(11-16)12-17(19(22)24-2)20-18(21)13-14-7-4-3-5-8-14/h3-11,17H,12-13H2,1-2H3,(H,20,21)/t17-/m1/s1. The third-order valence-electron chi connectivity index (χ3n) is 3.60. The minimum absolute atomic E-state index is 0.215. The van der Waals surface area contributed by atoms with Crippen molar-refractivity contribution >= 4 is 11.9 Å². The van der Waals surface area contributed by atoms with Gasteiger partial charge in [-0.2, -0.15) is 0 Å². The largest absolute Gasteiger partial charge is 0.497 e. The molecule has 2 aromatic rings. The van der Waals surface area contributed by atoms with E-state index in [9.17, 15) is 9.59 Å². The first-order valence-corrected chi connectivity index (χ1v) is 7.66. The second-order valence-corrected chi connectivity index (χ2v) is 5.36. The van der Waals surface area contributed by atoms with Crippen molar-refractivity contribution in [3.63, 3.8) is 0 Å². The van der Waals surface area contributed by atoms with Gasteiger partial charge in [-0.05, 0) is 23.3 Å². The number of amides is 1. The average Bonchev–Trinajstić information content (AvgIpc) is 2.61. The zero-order valence-corrected chi connectivity index (χ0v) is 13.8. The highest BCUT2D eigenvalue weighted by Gasteiger charge is 2.22. The number of carbonyl (C=O) groups is 2. The first-order chi connectivity index (χ1) is 11.6. The molecule has 0 aliphatic rings. The maximum absolute atomic E-state index is 12.2. The SMILES string of the molecule is COC(=O)[C@@H](Cc1cccc(OC)c1)NC(=O)Cc1ccccc1. The fourth-order valence-corrected chi connectivity index (χ4v) is 2.40. The van der Waals surface area contributed by atoms with Gasteiger partial charge in [0.2, 0.25) is 5.91 Å². The number of hydrogen-bond acceptors (Lipinski definition) is 4. The number of methoxy groups -OCH3 is 2. The van der Waals surface area contributed by atoms with Crippen LogP contribution < -0.4 is 10.1 Å². The Balaban J connectivity index is 2.05. The molecule has 2 rings (SSSR count). The Bertz CT molecular complexity index is 685. The van der Waals surface area contributed by atoms with Gasteiger partial charge in [-0.25, -0.2) is 4.79 Å². The van der Waals surface area contributed by atoms with E-state index in [0.717, 1.165) is 11.1 Å². The zero-order chi connectivity index (χ0) is 17.4. The number of rotatable bonds is 7. The normalized spacial score (nSPS) is 11.4. The van der Waals surface area contributed by atoms with Gasteiger partial charge in [0.1, 0.15) is 11.8 Å². The number of benzene rings is 2. The first-order valence-electron chi connectivity index (χ1n) is 7.66. The summed E-state index contributed by atoms with van der Waals surface area (Å²) in [7, 11) is 2.89. The Morgan fingerprint density at radius 1 is 1.00 bits per heavy atom. The van der Waals surface area contributed by atoms with Crippen LogP contribution in [0.3, 0.4) is 0 Å². The molecule has 126 valence electrons. The molecule has 2 aromatic carbocycles. The smallest absolute Gasteiger partial charge is 0.328 e. The molecular weight excluding hydrogens is 306 g/mol. The Morgan fingerprint density at radius 2 is 1.71 bits per heavy atom. The predicted octanol–water partition coefficient (Wildman–Crippen LogP) is 2.14. The summed E-state index contributed by atoms with van der Waals surface area (Å²) >= 11 is 0. The van der Waals surface area contributed by atoms with Gasteiger partial charge < -0.3 is 14.8 Å². The van der Waals surface area contributed by atoms with Crippen LogP contribution in [0.2, 0.25) is 0 Å². The van der Waals surface area contributed by atoms with Gasteiger partial charge in [0.15, 0.2) is 0 Å². The Labute approximate surface area is 141 Å². The third kappa shape index (κ3) is 5.12. The van der Waals surface area contributed by atoms with Crippen LogP contribution in [0.1, 0.15) is 11.1 Å². The topological polar surface area (TPSA) is 64.6 Å². The van der Waals surface area contributed by atoms with Crippen molar-refractivity contribution < 1.29 is 19.1 Å². The molecule has 0 spiro atoms. The van der Waals surface area contributed by atoms with Gasteiger partial charge in [0.05, 0.1) is 20.6 Å². The van der Waals surface area contributed by atoms with Crippen LogP contribution >= 0.6 is 0 Å². The van der Waals surface area contributed by atoms with E-state index in [2.05, 4.69) is 5.32 Å². The maximum Gasteiger partial charge on any atom is 0.328 e. The molecule has 5 nitrogen and oxygen atoms in total. The zero-order valence-electron chi connectivity index (χ0n) is 13.8. The van der Waals surface area contributed by atoms with E-state index >= 15 is 0 Å². The Morgan fingerprint density at radius 3 is 2.38 bits per heavy atom. The molecule has 24 heavy (non-hydrogen) atoms. The highest BCUT2D eigenvalue weighted by molar-refractivity contribution is 5.85. The van der Waals surface area contributed by atoms with Gasteiger partial charge in [-0.1, -0.05) is 42.5 Å². The number of esters is 1. The van der Waals surface area contributed by atoms with E-state index in [0.29, 0.717) is 12.2 Å². The predicted molar refractivity (Wildman–Crippen MR) is 90.8 cm³/mol. The molecule has 1 atom stereocenters. The van der Waals surface area contributed by atoms with Gasteiger partial charge in [-0.15, -0.1) is 0 Å². The summed E-state index contributed by atoms with van der Waals surface area (Å²) in [6, 6.07) is 16.0. The van der Waals surface area contributed by atoms with Crippen LogP contribution in [-0.2, 0) is 27.2 Å². The quantitative estimate of drug-likeness (QED) is 0.791. The average molecular weight is 327 g/mol. The van der Waals surface area contributed by atoms with E-state index in [1.165, 1.54) is 7.11 Å². The van der Waals surface area contributed by atoms with Crippen molar-refractivity contribution in [1.29, 1.82) is 0 Å². The van der Waals surface area contributed by atoms with Crippen molar-refractivity contribution in [2.45, 2.75) is 18.9 Å². The lowest BCUT2D eigenvalue weighted by atomic mass is 10.0. The highest BCUT2D eigenvalue weighted by atomic mass is 16.5. The minimum Gasteiger partial charge on any atom is -0.497 e. The summed E-state index contributed by atoms with van der Waals surface area (Å²) in [5.41, 5.74) is 1.77. The number of hydrogen-bond donors (Lipinski definition) is 1. The van der Waals surface area contributed by atoms with Crippen LogP contribution in [0.5, 0.6) is 5.75 Å². The molecule has 0 saturated carbocycles. The molecule has 0 aliphatic carbocycles. The highest BCUT2D eigenvalue weighted by Crippen LogP contribution is 2.14. The molecule has 1 amide bonds. The molecule has 0 unspecified atom stereocenters. The summed E-state index contributed by atoms with van der Waals surface area (Å²) in [5.74, 6) is 0.00505. The minimum atomic E-state index is -0.738. The summed E-state index contributed by atoms with van der Waals surface area (Å²) < 4.78 is 9.99. The number of nitrogens with one attached hydrogen (secondary N) is 1. The molecule has 0 aromatic heterocycles. The summed E-state index contributed by atoms with van der Waals surface area (Å²) in [6.07, 6.45) is 0.552. The molecule has 0 aliphatic heterocycles. The van der Waals surface area contributed by atoms with Crippen LogP contribution in [-0.4, -0.2) is 32.1 Å². The summed E-state index contributed by atoms with van der Waals surface area (Å²) in [5, 5.41) is 2.75. The van der Waals surface area contributed by atoms with Crippen molar-refractivity contribution in [3.8, 4) is 5.75 Å². The number of ether oxygens (including phenoxy) is 2. The first kappa shape index (κ1) is 17.5. The number of carbonyl (C=O) groups excluding carboxylic acids is 2. The van der Waals surface area contributed by atoms with E-state index in [4.69, 9.17) is 9.47 Å². The van der Waals surface area contributed by atoms with E-state index in [1.807, 2.05) is 54.6 Å². The fourth-order valence-electron chi connectivity index (χ4n) is 2.40. The lowest BCUT2D eigenvalue weighted by Gasteiger charge is -2.17. The fraction of sp³-hybridized carbons (Fsp3) is 0.263. The molecule has 0 radical (unpaired) electrons. The summed E-state index contributed by atoms with van der Waals surface area (Å²) in [4.78, 5) is 24.2. The van der Waals surface area contributed by atoms with Crippen molar-refractivity contribution in [1.82, 2.24) is 5.32 Å². The maximum atomic E-state index is 12.2. The molecule has 0 bridgehead atoms. The lowest BCUT2D eigenvalue weighted by molar-refractivity contribution is -0.145. The van der Waals surface area contributed by atoms with Gasteiger partial charge >= 0.3 is 5.97 Å². The van der Waals surface area contributed by atoms with Crippen molar-refractivity contribution in [3.05, 3.63) is 65.7 Å². The van der Waals surface area contributed by atoms with Crippen LogP contribution in [0, 0.1) is 0 Å². The summed E-state index contributed by atoms with van der Waals surface area (Å²) in [6.45, 7) is 0. The van der Waals surface area contributed by atoms with Crippen molar-refractivity contribution in [2.24, 2.45) is 0 Å². The second-order valence-electron chi connectivity index (χ2n) is 5.36. The molecule has 1 N–H and O–H groups in total. The lowest BCUT2D eigenvalue weighted by Crippen LogP contribution is -2.43. The van der Waals surface area contributed by atoms with E-state index < -0.39 is 12.0 Å². The van der Waals surface area contributed by atoms with Crippen LogP contribution in [0.25, 0.3) is 0 Å². The van der Waals surface area contributed by atoms with E-state index in [1.54, 1.807) is 7.11 Å². The monoisotopic (exact) mass is 327 g/mol. The van der Waals surface area contributed by atoms with Crippen LogP contribution in [0.15, 0.2) is 54.6 Å².